The van der Waals surface area contributed by atoms with Crippen LogP contribution in [-0.2, 0) is 17.3 Å². The summed E-state index contributed by atoms with van der Waals surface area (Å²) in [6, 6.07) is 91.0. The molecule has 5 heteroatoms. The zero-order valence-corrected chi connectivity index (χ0v) is 42.3. The predicted octanol–water partition coefficient (Wildman–Crippen LogP) is 16.5. The van der Waals surface area contributed by atoms with Crippen LogP contribution in [0.1, 0.15) is 62.7 Å². The number of para-hydroxylation sites is 1. The molecular formula is C72H49N5. The van der Waals surface area contributed by atoms with E-state index in [9.17, 15) is 0 Å². The first-order valence-electron chi connectivity index (χ1n) is 26.8. The van der Waals surface area contributed by atoms with E-state index in [0.29, 0.717) is 23.6 Å². The second-order valence-corrected chi connectivity index (χ2v) is 21.0. The molecule has 0 fully saturated rings. The Kier molecular flexibility index (Phi) is 9.44. The smallest absolute Gasteiger partial charge is 0.240 e. The molecule has 1 atom stereocenters. The molecule has 0 saturated carbocycles. The SMILES string of the molecule is CC1C=Cc2c(c3ccc4c(c3n2-c2nc(-c3ccccc3)nc(-n3c5ccccc5c5ccc6c(c53)-c3ccccc3C6(c3ccccc3)c3ccccc3)n2)-c2ccccc2C4(c2ccccc2)c2ccccc2)C1. The van der Waals surface area contributed by atoms with Gasteiger partial charge in [-0.05, 0) is 85.7 Å². The van der Waals surface area contributed by atoms with Crippen LogP contribution in [0.15, 0.2) is 255 Å². The Bertz CT molecular complexity index is 4460. The summed E-state index contributed by atoms with van der Waals surface area (Å²) in [7, 11) is 0. The third-order valence-corrected chi connectivity index (χ3v) is 17.1. The number of aromatic nitrogens is 5. The topological polar surface area (TPSA) is 48.5 Å². The fourth-order valence-electron chi connectivity index (χ4n) is 14.1. The maximum atomic E-state index is 5.86. The van der Waals surface area contributed by atoms with Crippen LogP contribution in [0.5, 0.6) is 0 Å². The highest BCUT2D eigenvalue weighted by Gasteiger charge is 2.49. The third kappa shape index (κ3) is 5.97. The Morgan fingerprint density at radius 1 is 0.390 bits per heavy atom. The minimum Gasteiger partial charge on any atom is -0.277 e. The molecule has 10 aromatic carbocycles. The fraction of sp³-hybridized carbons (Fsp3) is 0.0694. The average Bonchev–Trinajstić information content (AvgIpc) is 4.40. The normalized spacial score (nSPS) is 15.3. The zero-order chi connectivity index (χ0) is 50.8. The maximum Gasteiger partial charge on any atom is 0.240 e. The van der Waals surface area contributed by atoms with Crippen molar-refractivity contribution in [1.82, 2.24) is 24.1 Å². The molecule has 77 heavy (non-hydrogen) atoms. The number of allylic oxidation sites excluding steroid dienone is 1. The summed E-state index contributed by atoms with van der Waals surface area (Å²) < 4.78 is 4.73. The quantitative estimate of drug-likeness (QED) is 0.160. The molecule has 362 valence electrons. The van der Waals surface area contributed by atoms with Crippen LogP contribution in [0.25, 0.3) is 84.3 Å². The monoisotopic (exact) mass is 983 g/mol. The van der Waals surface area contributed by atoms with E-state index in [-0.39, 0.29) is 0 Å². The fourth-order valence-corrected chi connectivity index (χ4v) is 14.1. The van der Waals surface area contributed by atoms with Gasteiger partial charge < -0.3 is 0 Å². The minimum atomic E-state index is -0.596. The van der Waals surface area contributed by atoms with Gasteiger partial charge in [0.2, 0.25) is 11.9 Å². The van der Waals surface area contributed by atoms with Gasteiger partial charge in [0, 0.05) is 32.8 Å². The van der Waals surface area contributed by atoms with Crippen molar-refractivity contribution < 1.29 is 0 Å². The molecule has 3 heterocycles. The summed E-state index contributed by atoms with van der Waals surface area (Å²) >= 11 is 0. The Morgan fingerprint density at radius 2 is 0.831 bits per heavy atom. The second kappa shape index (κ2) is 16.6. The highest BCUT2D eigenvalue weighted by atomic mass is 15.3. The van der Waals surface area contributed by atoms with Crippen molar-refractivity contribution in [2.75, 3.05) is 0 Å². The van der Waals surface area contributed by atoms with Gasteiger partial charge in [-0.2, -0.15) is 15.0 Å². The number of hydrogen-bond acceptors (Lipinski definition) is 3. The molecular weight excluding hydrogens is 935 g/mol. The standard InChI is InChI=1S/C72H49N5/c1-46-39-44-63-57(45-46)54-41-43-61-65(56-35-18-21-37-59(56)72(61,50-29-13-5-14-30-50)51-31-15-6-16-32-51)67(54)77(63)70-74-68(47-23-7-2-8-24-47)73-69(75-70)76-62-38-22-19-33-52(62)53-40-42-60-64(66(53)76)55-34-17-20-36-58(55)71(60,48-25-9-3-10-26-48)49-27-11-4-12-28-49/h2-44,46H,45H2,1H3. The molecule has 3 aromatic heterocycles. The Morgan fingerprint density at radius 3 is 1.38 bits per heavy atom. The van der Waals surface area contributed by atoms with E-state index in [1.807, 2.05) is 0 Å². The number of rotatable bonds is 7. The van der Waals surface area contributed by atoms with Gasteiger partial charge >= 0.3 is 0 Å². The van der Waals surface area contributed by atoms with Crippen LogP contribution in [0, 0.1) is 5.92 Å². The predicted molar refractivity (Wildman–Crippen MR) is 313 cm³/mol. The molecule has 13 aromatic rings. The molecule has 1 unspecified atom stereocenters. The maximum absolute atomic E-state index is 5.86. The van der Waals surface area contributed by atoms with E-state index in [2.05, 4.69) is 277 Å². The summed E-state index contributed by atoms with van der Waals surface area (Å²) in [4.78, 5) is 17.1. The number of nitrogens with zero attached hydrogens (tertiary/aromatic N) is 5. The number of benzene rings is 10. The van der Waals surface area contributed by atoms with Crippen LogP contribution >= 0.6 is 0 Å². The van der Waals surface area contributed by atoms with Gasteiger partial charge in [-0.1, -0.05) is 256 Å². The van der Waals surface area contributed by atoms with Gasteiger partial charge in [0.15, 0.2) is 5.82 Å². The Hall–Kier alpha value is -9.71. The summed E-state index contributed by atoms with van der Waals surface area (Å²) in [5.41, 5.74) is 20.0. The largest absolute Gasteiger partial charge is 0.277 e. The van der Waals surface area contributed by atoms with Crippen molar-refractivity contribution in [2.24, 2.45) is 5.92 Å². The summed E-state index contributed by atoms with van der Waals surface area (Å²) in [5, 5.41) is 3.49. The summed E-state index contributed by atoms with van der Waals surface area (Å²) in [6.07, 6.45) is 5.57. The molecule has 0 radical (unpaired) electrons. The van der Waals surface area contributed by atoms with E-state index >= 15 is 0 Å². The lowest BCUT2D eigenvalue weighted by atomic mass is 9.67. The van der Waals surface area contributed by atoms with Gasteiger partial charge in [0.05, 0.1) is 33.1 Å². The highest BCUT2D eigenvalue weighted by Crippen LogP contribution is 2.60. The first-order valence-corrected chi connectivity index (χ1v) is 26.8. The molecule has 3 aliphatic rings. The van der Waals surface area contributed by atoms with Gasteiger partial charge in [0.25, 0.3) is 0 Å². The van der Waals surface area contributed by atoms with E-state index in [1.54, 1.807) is 0 Å². The highest BCUT2D eigenvalue weighted by molar-refractivity contribution is 6.16. The van der Waals surface area contributed by atoms with Gasteiger partial charge in [-0.25, -0.2) is 0 Å². The average molecular weight is 984 g/mol. The molecule has 0 N–H and O–H groups in total. The third-order valence-electron chi connectivity index (χ3n) is 17.1. The van der Waals surface area contributed by atoms with Crippen LogP contribution in [0.3, 0.4) is 0 Å². The van der Waals surface area contributed by atoms with Crippen LogP contribution in [0.4, 0.5) is 0 Å². The van der Waals surface area contributed by atoms with Crippen molar-refractivity contribution in [1.29, 1.82) is 0 Å². The number of hydrogen-bond donors (Lipinski definition) is 0. The first kappa shape index (κ1) is 43.7. The lowest BCUT2D eigenvalue weighted by molar-refractivity contribution is 0.716. The van der Waals surface area contributed by atoms with Crippen molar-refractivity contribution in [3.05, 3.63) is 311 Å². The molecule has 5 nitrogen and oxygen atoms in total. The Labute approximate surface area is 446 Å². The molecule has 0 bridgehead atoms. The van der Waals surface area contributed by atoms with E-state index in [0.717, 1.165) is 45.0 Å². The molecule has 0 spiro atoms. The minimum absolute atomic E-state index is 0.352. The van der Waals surface area contributed by atoms with Crippen molar-refractivity contribution in [3.63, 3.8) is 0 Å². The summed E-state index contributed by atoms with van der Waals surface area (Å²) in [6.45, 7) is 2.32. The number of fused-ring (bicyclic) bond motifs is 14. The van der Waals surface area contributed by atoms with E-state index in [4.69, 9.17) is 15.0 Å². The van der Waals surface area contributed by atoms with Crippen molar-refractivity contribution in [2.45, 2.75) is 24.2 Å². The zero-order valence-electron chi connectivity index (χ0n) is 42.3. The van der Waals surface area contributed by atoms with Gasteiger partial charge in [-0.3, -0.25) is 9.13 Å². The van der Waals surface area contributed by atoms with Crippen molar-refractivity contribution >= 4 is 38.8 Å². The van der Waals surface area contributed by atoms with Crippen molar-refractivity contribution in [3.8, 4) is 45.5 Å². The Balaban J connectivity index is 1.05. The second-order valence-electron chi connectivity index (χ2n) is 21.0. The van der Waals surface area contributed by atoms with Gasteiger partial charge in [-0.15, -0.1) is 0 Å². The lowest BCUT2D eigenvalue weighted by Crippen LogP contribution is -2.28. The molecule has 3 aliphatic carbocycles. The summed E-state index contributed by atoms with van der Waals surface area (Å²) in [5.74, 6) is 2.09. The van der Waals surface area contributed by atoms with Crippen LogP contribution < -0.4 is 0 Å². The first-order chi connectivity index (χ1) is 38.1. The molecule has 0 aliphatic heterocycles. The van der Waals surface area contributed by atoms with E-state index in [1.165, 1.54) is 77.7 Å². The van der Waals surface area contributed by atoms with Gasteiger partial charge in [0.1, 0.15) is 0 Å². The van der Waals surface area contributed by atoms with Crippen LogP contribution in [0.2, 0.25) is 0 Å². The molecule has 0 amide bonds. The lowest BCUT2D eigenvalue weighted by Gasteiger charge is -2.33. The molecule has 0 saturated heterocycles. The molecule has 16 rings (SSSR count). The van der Waals surface area contributed by atoms with E-state index < -0.39 is 10.8 Å². The van der Waals surface area contributed by atoms with Crippen LogP contribution in [-0.4, -0.2) is 24.1 Å².